The summed E-state index contributed by atoms with van der Waals surface area (Å²) in [5, 5.41) is 0.800. The first-order valence-electron chi connectivity index (χ1n) is 6.17. The van der Waals surface area contributed by atoms with E-state index in [4.69, 9.17) is 23.2 Å². The van der Waals surface area contributed by atoms with Gasteiger partial charge in [-0.15, -0.1) is 0 Å². The second-order valence-corrected chi connectivity index (χ2v) is 7.50. The molecule has 0 aliphatic carbocycles. The van der Waals surface area contributed by atoms with Crippen molar-refractivity contribution in [3.63, 3.8) is 0 Å². The molecule has 1 aromatic carbocycles. The third kappa shape index (κ3) is 4.63. The van der Waals surface area contributed by atoms with Gasteiger partial charge in [0.1, 0.15) is 0 Å². The van der Waals surface area contributed by atoms with Crippen molar-refractivity contribution >= 4 is 33.2 Å². The first-order chi connectivity index (χ1) is 8.77. The van der Waals surface area contributed by atoms with Crippen LogP contribution in [0.3, 0.4) is 0 Å². The molecule has 1 unspecified atom stereocenters. The Morgan fingerprint density at radius 2 is 1.89 bits per heavy atom. The second kappa shape index (κ2) is 6.93. The highest BCUT2D eigenvalue weighted by Gasteiger charge is 2.23. The van der Waals surface area contributed by atoms with Crippen LogP contribution in [0.5, 0.6) is 0 Å². The molecule has 0 saturated heterocycles. The predicted octanol–water partition coefficient (Wildman–Crippen LogP) is 3.94. The van der Waals surface area contributed by atoms with Gasteiger partial charge in [0.2, 0.25) is 10.0 Å². The zero-order chi connectivity index (χ0) is 14.6. The molecule has 1 aromatic rings. The predicted molar refractivity (Wildman–Crippen MR) is 81.2 cm³/mol. The molecule has 19 heavy (non-hydrogen) atoms. The van der Waals surface area contributed by atoms with E-state index in [2.05, 4.69) is 0 Å². The van der Waals surface area contributed by atoms with Crippen LogP contribution in [0.25, 0.3) is 0 Å². The van der Waals surface area contributed by atoms with Crippen molar-refractivity contribution in [1.29, 1.82) is 0 Å². The highest BCUT2D eigenvalue weighted by Crippen LogP contribution is 2.24. The topological polar surface area (TPSA) is 37.4 Å². The summed E-state index contributed by atoms with van der Waals surface area (Å²) in [4.78, 5) is 0. The van der Waals surface area contributed by atoms with Gasteiger partial charge in [-0.05, 0) is 31.0 Å². The molecule has 3 nitrogen and oxygen atoms in total. The molecule has 0 radical (unpaired) electrons. The van der Waals surface area contributed by atoms with Crippen LogP contribution < -0.4 is 0 Å². The van der Waals surface area contributed by atoms with Gasteiger partial charge >= 0.3 is 0 Å². The number of halogens is 2. The Kier molecular flexibility index (Phi) is 6.12. The van der Waals surface area contributed by atoms with Gasteiger partial charge in [-0.2, -0.15) is 0 Å². The monoisotopic (exact) mass is 323 g/mol. The van der Waals surface area contributed by atoms with Crippen LogP contribution in [0.4, 0.5) is 0 Å². The maximum atomic E-state index is 12.3. The van der Waals surface area contributed by atoms with E-state index in [1.807, 2.05) is 13.8 Å². The quantitative estimate of drug-likeness (QED) is 0.795. The van der Waals surface area contributed by atoms with Crippen molar-refractivity contribution in [1.82, 2.24) is 4.31 Å². The highest BCUT2D eigenvalue weighted by atomic mass is 35.5. The van der Waals surface area contributed by atoms with E-state index in [0.29, 0.717) is 15.6 Å². The lowest BCUT2D eigenvalue weighted by Gasteiger charge is -2.24. The fraction of sp³-hybridized carbons (Fsp3) is 0.538. The van der Waals surface area contributed by atoms with Crippen molar-refractivity contribution in [3.8, 4) is 0 Å². The average molecular weight is 324 g/mol. The van der Waals surface area contributed by atoms with E-state index in [1.165, 1.54) is 4.31 Å². The molecule has 1 rings (SSSR count). The normalized spacial score (nSPS) is 13.8. The summed E-state index contributed by atoms with van der Waals surface area (Å²) >= 11 is 11.7. The number of benzene rings is 1. The molecule has 0 amide bonds. The molecule has 6 heteroatoms. The summed E-state index contributed by atoms with van der Waals surface area (Å²) in [6, 6.07) is 4.89. The summed E-state index contributed by atoms with van der Waals surface area (Å²) < 4.78 is 26.0. The Morgan fingerprint density at radius 3 is 2.42 bits per heavy atom. The molecule has 1 atom stereocenters. The molecule has 0 aliphatic heterocycles. The summed E-state index contributed by atoms with van der Waals surface area (Å²) in [5.41, 5.74) is 0.643. The van der Waals surface area contributed by atoms with Crippen molar-refractivity contribution in [2.45, 2.75) is 38.5 Å². The summed E-state index contributed by atoms with van der Waals surface area (Å²) in [7, 11) is -1.71. The van der Waals surface area contributed by atoms with Gasteiger partial charge in [-0.1, -0.05) is 42.6 Å². The standard InChI is InChI=1S/C13H19Cl2NO2S/c1-4-5-10(2)16(3)19(17,18)9-11-6-7-12(14)13(15)8-11/h6-8,10H,4-5,9H2,1-3H3. The van der Waals surface area contributed by atoms with Gasteiger partial charge < -0.3 is 0 Å². The van der Waals surface area contributed by atoms with E-state index in [0.717, 1.165) is 12.8 Å². The Bertz CT molecular complexity index is 531. The van der Waals surface area contributed by atoms with E-state index in [-0.39, 0.29) is 11.8 Å². The Labute approximate surface area is 125 Å². The van der Waals surface area contributed by atoms with Gasteiger partial charge in [0.05, 0.1) is 15.8 Å². The summed E-state index contributed by atoms with van der Waals surface area (Å²) in [6.45, 7) is 3.95. The Hall–Kier alpha value is -0.290. The van der Waals surface area contributed by atoms with Crippen LogP contribution in [-0.2, 0) is 15.8 Å². The molecular weight excluding hydrogens is 305 g/mol. The molecule has 0 N–H and O–H groups in total. The second-order valence-electron chi connectivity index (χ2n) is 4.66. The molecule has 0 fully saturated rings. The first kappa shape index (κ1) is 16.8. The van der Waals surface area contributed by atoms with Crippen LogP contribution >= 0.6 is 23.2 Å². The average Bonchev–Trinajstić information content (AvgIpc) is 2.33. The first-order valence-corrected chi connectivity index (χ1v) is 8.54. The molecule has 0 aliphatic rings. The lowest BCUT2D eigenvalue weighted by Crippen LogP contribution is -2.35. The molecular formula is C13H19Cl2NO2S. The van der Waals surface area contributed by atoms with Gasteiger partial charge in [-0.3, -0.25) is 0 Å². The van der Waals surface area contributed by atoms with Crippen LogP contribution in [0.15, 0.2) is 18.2 Å². The maximum Gasteiger partial charge on any atom is 0.218 e. The molecule has 0 aromatic heterocycles. The number of rotatable bonds is 6. The van der Waals surface area contributed by atoms with Crippen LogP contribution in [0.2, 0.25) is 10.0 Å². The Morgan fingerprint density at radius 1 is 1.26 bits per heavy atom. The zero-order valence-corrected chi connectivity index (χ0v) is 13.7. The fourth-order valence-electron chi connectivity index (χ4n) is 1.82. The SMILES string of the molecule is CCCC(C)N(C)S(=O)(=O)Cc1ccc(Cl)c(Cl)c1. The van der Waals surface area contributed by atoms with Crippen LogP contribution in [0.1, 0.15) is 32.3 Å². The minimum Gasteiger partial charge on any atom is -0.212 e. The Balaban J connectivity index is 2.87. The van der Waals surface area contributed by atoms with Crippen molar-refractivity contribution < 1.29 is 8.42 Å². The minimum atomic E-state index is -3.33. The van der Waals surface area contributed by atoms with Gasteiger partial charge in [0.15, 0.2) is 0 Å². The van der Waals surface area contributed by atoms with Crippen molar-refractivity contribution in [3.05, 3.63) is 33.8 Å². The molecule has 108 valence electrons. The number of hydrogen-bond acceptors (Lipinski definition) is 2. The molecule has 0 saturated carbocycles. The maximum absolute atomic E-state index is 12.3. The number of hydrogen-bond donors (Lipinski definition) is 0. The number of nitrogens with zero attached hydrogens (tertiary/aromatic N) is 1. The van der Waals surface area contributed by atoms with E-state index in [9.17, 15) is 8.42 Å². The van der Waals surface area contributed by atoms with E-state index < -0.39 is 10.0 Å². The summed E-state index contributed by atoms with van der Waals surface area (Å²) in [6.07, 6.45) is 1.80. The van der Waals surface area contributed by atoms with E-state index >= 15 is 0 Å². The zero-order valence-electron chi connectivity index (χ0n) is 11.4. The summed E-state index contributed by atoms with van der Waals surface area (Å²) in [5.74, 6) is -0.0611. The van der Waals surface area contributed by atoms with Gasteiger partial charge in [-0.25, -0.2) is 12.7 Å². The van der Waals surface area contributed by atoms with E-state index in [1.54, 1.807) is 25.2 Å². The lowest BCUT2D eigenvalue weighted by atomic mass is 10.2. The lowest BCUT2D eigenvalue weighted by molar-refractivity contribution is 0.368. The highest BCUT2D eigenvalue weighted by molar-refractivity contribution is 7.88. The van der Waals surface area contributed by atoms with Gasteiger partial charge in [0, 0.05) is 13.1 Å². The van der Waals surface area contributed by atoms with Crippen LogP contribution in [-0.4, -0.2) is 25.8 Å². The molecule has 0 bridgehead atoms. The van der Waals surface area contributed by atoms with Crippen molar-refractivity contribution in [2.75, 3.05) is 7.05 Å². The third-order valence-electron chi connectivity index (χ3n) is 3.10. The van der Waals surface area contributed by atoms with Gasteiger partial charge in [0.25, 0.3) is 0 Å². The minimum absolute atomic E-state index is 0.00206. The smallest absolute Gasteiger partial charge is 0.212 e. The molecule has 0 heterocycles. The fourth-order valence-corrected chi connectivity index (χ4v) is 3.59. The largest absolute Gasteiger partial charge is 0.218 e. The number of sulfonamides is 1. The molecule has 0 spiro atoms. The van der Waals surface area contributed by atoms with Crippen LogP contribution in [0, 0.1) is 0 Å². The van der Waals surface area contributed by atoms with Crippen molar-refractivity contribution in [2.24, 2.45) is 0 Å². The third-order valence-corrected chi connectivity index (χ3v) is 5.77.